The molecular formula is C13H24N4O. The normalized spacial score (nSPS) is 11.4. The summed E-state index contributed by atoms with van der Waals surface area (Å²) in [5.41, 5.74) is 0.223. The minimum atomic E-state index is -0.762. The molecule has 0 aliphatic rings. The highest BCUT2D eigenvalue weighted by molar-refractivity contribution is 5.57. The van der Waals surface area contributed by atoms with Gasteiger partial charge in [-0.15, -0.1) is 0 Å². The monoisotopic (exact) mass is 252 g/mol. The predicted molar refractivity (Wildman–Crippen MR) is 75.1 cm³/mol. The zero-order chi connectivity index (χ0) is 13.8. The first-order valence-corrected chi connectivity index (χ1v) is 6.45. The third-order valence-electron chi connectivity index (χ3n) is 2.54. The number of nitrogens with one attached hydrogen (secondary N) is 2. The molecule has 1 aromatic rings. The van der Waals surface area contributed by atoms with Crippen molar-refractivity contribution < 1.29 is 5.11 Å². The van der Waals surface area contributed by atoms with Crippen LogP contribution in [0.5, 0.6) is 0 Å². The van der Waals surface area contributed by atoms with Gasteiger partial charge < -0.3 is 15.7 Å². The summed E-state index contributed by atoms with van der Waals surface area (Å²) in [7, 11) is 0. The van der Waals surface area contributed by atoms with E-state index in [0.717, 1.165) is 36.0 Å². The van der Waals surface area contributed by atoms with Crippen LogP contribution in [0.4, 0.5) is 11.6 Å². The molecule has 0 amide bonds. The van der Waals surface area contributed by atoms with Gasteiger partial charge in [-0.1, -0.05) is 6.92 Å². The van der Waals surface area contributed by atoms with E-state index in [1.54, 1.807) is 13.8 Å². The van der Waals surface area contributed by atoms with Crippen LogP contribution in [0.3, 0.4) is 0 Å². The Hall–Kier alpha value is -1.36. The molecule has 5 heteroatoms. The lowest BCUT2D eigenvalue weighted by molar-refractivity contribution is 0.0944. The number of hydrogen-bond acceptors (Lipinski definition) is 5. The number of aromatic nitrogens is 2. The number of hydrogen-bond donors (Lipinski definition) is 3. The Labute approximate surface area is 109 Å². The summed E-state index contributed by atoms with van der Waals surface area (Å²) < 4.78 is 0. The van der Waals surface area contributed by atoms with Gasteiger partial charge in [0, 0.05) is 25.1 Å². The van der Waals surface area contributed by atoms with Gasteiger partial charge in [-0.3, -0.25) is 0 Å². The van der Waals surface area contributed by atoms with E-state index in [2.05, 4.69) is 20.6 Å². The number of aliphatic hydroxyl groups is 1. The minimum absolute atomic E-state index is 0.458. The molecule has 0 saturated carbocycles. The highest BCUT2D eigenvalue weighted by Gasteiger charge is 2.15. The fourth-order valence-electron chi connectivity index (χ4n) is 1.53. The van der Waals surface area contributed by atoms with Crippen molar-refractivity contribution in [1.82, 2.24) is 9.97 Å². The molecule has 1 rings (SSSR count). The maximum absolute atomic E-state index is 9.75. The van der Waals surface area contributed by atoms with Crippen molar-refractivity contribution in [2.75, 3.05) is 23.7 Å². The van der Waals surface area contributed by atoms with E-state index in [4.69, 9.17) is 0 Å². The summed E-state index contributed by atoms with van der Waals surface area (Å²) in [4.78, 5) is 8.92. The van der Waals surface area contributed by atoms with Crippen LogP contribution in [0, 0.1) is 6.92 Å². The first-order valence-electron chi connectivity index (χ1n) is 6.45. The Balaban J connectivity index is 2.98. The number of rotatable bonds is 6. The van der Waals surface area contributed by atoms with Crippen molar-refractivity contribution in [3.05, 3.63) is 11.4 Å². The Bertz CT molecular complexity index is 399. The van der Waals surface area contributed by atoms with Gasteiger partial charge in [-0.25, -0.2) is 9.97 Å². The van der Waals surface area contributed by atoms with Gasteiger partial charge in [-0.2, -0.15) is 0 Å². The summed E-state index contributed by atoms with van der Waals surface area (Å²) in [6.07, 6.45) is 0.788. The van der Waals surface area contributed by atoms with Gasteiger partial charge >= 0.3 is 0 Å². The van der Waals surface area contributed by atoms with Gasteiger partial charge in [0.1, 0.15) is 17.5 Å². The highest BCUT2D eigenvalue weighted by atomic mass is 16.3. The second kappa shape index (κ2) is 6.00. The minimum Gasteiger partial charge on any atom is -0.389 e. The Kier molecular flexibility index (Phi) is 4.90. The standard InChI is InChI=1S/C13H24N4O/c1-6-10-16-11(14-7-2)9(3)12(17-10)15-8-13(4,5)18/h18H,6-8H2,1-5H3,(H2,14,15,16,17). The molecule has 18 heavy (non-hydrogen) atoms. The average Bonchev–Trinajstić information content (AvgIpc) is 2.29. The van der Waals surface area contributed by atoms with Crippen LogP contribution >= 0.6 is 0 Å². The zero-order valence-corrected chi connectivity index (χ0v) is 12.0. The van der Waals surface area contributed by atoms with Gasteiger partial charge in [0.15, 0.2) is 0 Å². The summed E-state index contributed by atoms with van der Waals surface area (Å²) in [5, 5.41) is 16.2. The van der Waals surface area contributed by atoms with Crippen molar-refractivity contribution >= 4 is 11.6 Å². The van der Waals surface area contributed by atoms with Crippen LogP contribution in [0.15, 0.2) is 0 Å². The lowest BCUT2D eigenvalue weighted by Crippen LogP contribution is -2.30. The number of nitrogens with zero attached hydrogens (tertiary/aromatic N) is 2. The molecule has 0 aromatic carbocycles. The summed E-state index contributed by atoms with van der Waals surface area (Å²) in [6.45, 7) is 10.9. The van der Waals surface area contributed by atoms with E-state index in [-0.39, 0.29) is 0 Å². The molecule has 5 nitrogen and oxygen atoms in total. The third-order valence-corrected chi connectivity index (χ3v) is 2.54. The molecule has 0 spiro atoms. The fourth-order valence-corrected chi connectivity index (χ4v) is 1.53. The summed E-state index contributed by atoms with van der Waals surface area (Å²) in [5.74, 6) is 2.46. The van der Waals surface area contributed by atoms with Crippen LogP contribution in [0.25, 0.3) is 0 Å². The molecule has 0 aliphatic carbocycles. The van der Waals surface area contributed by atoms with E-state index in [1.165, 1.54) is 0 Å². The van der Waals surface area contributed by atoms with Gasteiger partial charge in [0.05, 0.1) is 5.60 Å². The predicted octanol–water partition coefficient (Wildman–Crippen LogP) is 1.96. The Morgan fingerprint density at radius 3 is 2.11 bits per heavy atom. The van der Waals surface area contributed by atoms with Crippen molar-refractivity contribution in [3.8, 4) is 0 Å². The molecular weight excluding hydrogens is 228 g/mol. The van der Waals surface area contributed by atoms with Gasteiger partial charge in [0.25, 0.3) is 0 Å². The lowest BCUT2D eigenvalue weighted by Gasteiger charge is -2.20. The van der Waals surface area contributed by atoms with Crippen LogP contribution in [-0.4, -0.2) is 33.8 Å². The van der Waals surface area contributed by atoms with Gasteiger partial charge in [-0.05, 0) is 27.7 Å². The molecule has 1 aromatic heterocycles. The molecule has 3 N–H and O–H groups in total. The lowest BCUT2D eigenvalue weighted by atomic mass is 10.1. The maximum Gasteiger partial charge on any atom is 0.134 e. The molecule has 1 heterocycles. The number of anilines is 2. The van der Waals surface area contributed by atoms with E-state index in [9.17, 15) is 5.11 Å². The quantitative estimate of drug-likeness (QED) is 0.722. The van der Waals surface area contributed by atoms with Crippen LogP contribution in [0.1, 0.15) is 39.1 Å². The molecule has 0 aliphatic heterocycles. The largest absolute Gasteiger partial charge is 0.389 e. The first kappa shape index (κ1) is 14.7. The van der Waals surface area contributed by atoms with Crippen molar-refractivity contribution in [2.45, 2.75) is 46.6 Å². The number of aryl methyl sites for hydroxylation is 1. The molecule has 0 bridgehead atoms. The fraction of sp³-hybridized carbons (Fsp3) is 0.692. The molecule has 0 atom stereocenters. The van der Waals surface area contributed by atoms with E-state index >= 15 is 0 Å². The molecule has 0 unspecified atom stereocenters. The summed E-state index contributed by atoms with van der Waals surface area (Å²) >= 11 is 0. The van der Waals surface area contributed by atoms with E-state index in [0.29, 0.717) is 6.54 Å². The Morgan fingerprint density at radius 1 is 1.11 bits per heavy atom. The van der Waals surface area contributed by atoms with Crippen LogP contribution in [-0.2, 0) is 6.42 Å². The second-order valence-corrected chi connectivity index (χ2v) is 5.01. The van der Waals surface area contributed by atoms with Crippen molar-refractivity contribution in [2.24, 2.45) is 0 Å². The van der Waals surface area contributed by atoms with Crippen molar-refractivity contribution in [3.63, 3.8) is 0 Å². The van der Waals surface area contributed by atoms with E-state index < -0.39 is 5.60 Å². The smallest absolute Gasteiger partial charge is 0.134 e. The van der Waals surface area contributed by atoms with E-state index in [1.807, 2.05) is 20.8 Å². The van der Waals surface area contributed by atoms with Crippen molar-refractivity contribution in [1.29, 1.82) is 0 Å². The van der Waals surface area contributed by atoms with Crippen LogP contribution < -0.4 is 10.6 Å². The first-order chi connectivity index (χ1) is 8.37. The highest BCUT2D eigenvalue weighted by Crippen LogP contribution is 2.20. The zero-order valence-electron chi connectivity index (χ0n) is 12.0. The molecule has 0 saturated heterocycles. The SMILES string of the molecule is CCNc1nc(CC)nc(NCC(C)(C)O)c1C. The van der Waals surface area contributed by atoms with Crippen LogP contribution in [0.2, 0.25) is 0 Å². The third kappa shape index (κ3) is 4.14. The Morgan fingerprint density at radius 2 is 1.67 bits per heavy atom. The second-order valence-electron chi connectivity index (χ2n) is 5.01. The summed E-state index contributed by atoms with van der Waals surface area (Å²) in [6, 6.07) is 0. The molecule has 0 fully saturated rings. The maximum atomic E-state index is 9.75. The molecule has 102 valence electrons. The topological polar surface area (TPSA) is 70.1 Å². The van der Waals surface area contributed by atoms with Gasteiger partial charge in [0.2, 0.25) is 0 Å². The average molecular weight is 252 g/mol. The molecule has 0 radical (unpaired) electrons.